The summed E-state index contributed by atoms with van der Waals surface area (Å²) in [6, 6.07) is 5.72. The summed E-state index contributed by atoms with van der Waals surface area (Å²) in [6.45, 7) is 3.89. The summed E-state index contributed by atoms with van der Waals surface area (Å²) in [5, 5.41) is 17.0. The highest BCUT2D eigenvalue weighted by molar-refractivity contribution is 5.86. The van der Waals surface area contributed by atoms with Gasteiger partial charge in [-0.1, -0.05) is 11.3 Å². The number of aryl methyl sites for hydroxylation is 1. The number of carbonyl (C=O) groups is 1. The van der Waals surface area contributed by atoms with Gasteiger partial charge in [0, 0.05) is 6.04 Å². The SMILES string of the molecule is COc1ccc(CCc2c(C(=O)O)nnn2C(C)C)cc1OC. The predicted octanol–water partition coefficient (Wildman–Crippen LogP) is 2.36. The molecule has 0 fully saturated rings. The van der Waals surface area contributed by atoms with Crippen LogP contribution in [-0.4, -0.2) is 40.3 Å². The van der Waals surface area contributed by atoms with E-state index < -0.39 is 5.97 Å². The zero-order valence-corrected chi connectivity index (χ0v) is 13.7. The van der Waals surface area contributed by atoms with E-state index in [0.29, 0.717) is 30.0 Å². The average Bonchev–Trinajstić information content (AvgIpc) is 2.96. The molecule has 0 bridgehead atoms. The maximum atomic E-state index is 11.3. The molecule has 2 aromatic rings. The summed E-state index contributed by atoms with van der Waals surface area (Å²) in [5.41, 5.74) is 1.66. The van der Waals surface area contributed by atoms with E-state index in [0.717, 1.165) is 5.56 Å². The van der Waals surface area contributed by atoms with Crippen LogP contribution in [0.4, 0.5) is 0 Å². The van der Waals surface area contributed by atoms with Crippen molar-refractivity contribution in [3.63, 3.8) is 0 Å². The molecule has 7 heteroatoms. The van der Waals surface area contributed by atoms with E-state index in [1.54, 1.807) is 18.9 Å². The second kappa shape index (κ2) is 7.13. The Balaban J connectivity index is 2.24. The number of methoxy groups -OCH3 is 2. The molecule has 0 unspecified atom stereocenters. The normalized spacial score (nSPS) is 10.8. The Morgan fingerprint density at radius 1 is 1.22 bits per heavy atom. The van der Waals surface area contributed by atoms with Crippen molar-refractivity contribution in [1.29, 1.82) is 0 Å². The highest BCUT2D eigenvalue weighted by Gasteiger charge is 2.20. The van der Waals surface area contributed by atoms with Crippen molar-refractivity contribution >= 4 is 5.97 Å². The number of carboxylic acid groups (broad SMARTS) is 1. The minimum Gasteiger partial charge on any atom is -0.493 e. The van der Waals surface area contributed by atoms with Gasteiger partial charge in [0.1, 0.15) is 0 Å². The van der Waals surface area contributed by atoms with E-state index in [1.165, 1.54) is 0 Å². The van der Waals surface area contributed by atoms with E-state index in [-0.39, 0.29) is 11.7 Å². The fraction of sp³-hybridized carbons (Fsp3) is 0.438. The van der Waals surface area contributed by atoms with Crippen LogP contribution in [0.15, 0.2) is 18.2 Å². The maximum Gasteiger partial charge on any atom is 0.358 e. The first kappa shape index (κ1) is 16.8. The van der Waals surface area contributed by atoms with E-state index in [2.05, 4.69) is 10.3 Å². The maximum absolute atomic E-state index is 11.3. The van der Waals surface area contributed by atoms with Crippen molar-refractivity contribution in [3.05, 3.63) is 35.2 Å². The fourth-order valence-electron chi connectivity index (χ4n) is 2.43. The lowest BCUT2D eigenvalue weighted by Crippen LogP contribution is -2.11. The van der Waals surface area contributed by atoms with Crippen LogP contribution in [0.25, 0.3) is 0 Å². The first-order valence-corrected chi connectivity index (χ1v) is 7.36. The van der Waals surface area contributed by atoms with Crippen LogP contribution >= 0.6 is 0 Å². The van der Waals surface area contributed by atoms with Crippen molar-refractivity contribution < 1.29 is 19.4 Å². The Morgan fingerprint density at radius 3 is 2.48 bits per heavy atom. The van der Waals surface area contributed by atoms with Crippen molar-refractivity contribution in [2.24, 2.45) is 0 Å². The molecule has 1 N–H and O–H groups in total. The molecule has 1 heterocycles. The molecule has 0 spiro atoms. The lowest BCUT2D eigenvalue weighted by atomic mass is 10.1. The highest BCUT2D eigenvalue weighted by Crippen LogP contribution is 2.28. The summed E-state index contributed by atoms with van der Waals surface area (Å²) in [4.78, 5) is 11.3. The molecule has 2 rings (SSSR count). The Kier molecular flexibility index (Phi) is 5.20. The topological polar surface area (TPSA) is 86.5 Å². The molecule has 0 atom stereocenters. The van der Waals surface area contributed by atoms with Gasteiger partial charge < -0.3 is 14.6 Å². The van der Waals surface area contributed by atoms with Gasteiger partial charge in [-0.25, -0.2) is 9.48 Å². The molecule has 124 valence electrons. The molecule has 0 saturated heterocycles. The molecule has 1 aromatic carbocycles. The summed E-state index contributed by atoms with van der Waals surface area (Å²) < 4.78 is 12.2. The van der Waals surface area contributed by atoms with E-state index in [4.69, 9.17) is 9.47 Å². The predicted molar refractivity (Wildman–Crippen MR) is 84.3 cm³/mol. The third kappa shape index (κ3) is 3.61. The molecule has 7 nitrogen and oxygen atoms in total. The molecule has 23 heavy (non-hydrogen) atoms. The molecule has 0 radical (unpaired) electrons. The number of benzene rings is 1. The smallest absolute Gasteiger partial charge is 0.358 e. The summed E-state index contributed by atoms with van der Waals surface area (Å²) >= 11 is 0. The van der Waals surface area contributed by atoms with Crippen LogP contribution in [0.1, 0.15) is 41.6 Å². The van der Waals surface area contributed by atoms with Gasteiger partial charge in [-0.3, -0.25) is 0 Å². The van der Waals surface area contributed by atoms with Crippen LogP contribution in [0.5, 0.6) is 11.5 Å². The van der Waals surface area contributed by atoms with Crippen LogP contribution in [-0.2, 0) is 12.8 Å². The van der Waals surface area contributed by atoms with E-state index in [9.17, 15) is 9.90 Å². The van der Waals surface area contributed by atoms with Crippen molar-refractivity contribution in [2.75, 3.05) is 14.2 Å². The molecule has 0 aliphatic carbocycles. The Labute approximate surface area is 134 Å². The average molecular weight is 319 g/mol. The number of hydrogen-bond acceptors (Lipinski definition) is 5. The van der Waals surface area contributed by atoms with Crippen molar-refractivity contribution in [2.45, 2.75) is 32.7 Å². The van der Waals surface area contributed by atoms with Gasteiger partial charge >= 0.3 is 5.97 Å². The van der Waals surface area contributed by atoms with Gasteiger partial charge in [0.2, 0.25) is 0 Å². The zero-order valence-electron chi connectivity index (χ0n) is 13.7. The third-order valence-corrected chi connectivity index (χ3v) is 3.58. The van der Waals surface area contributed by atoms with E-state index in [1.807, 2.05) is 32.0 Å². The zero-order chi connectivity index (χ0) is 17.0. The Bertz CT molecular complexity index is 695. The molecule has 0 aliphatic heterocycles. The standard InChI is InChI=1S/C16H21N3O4/c1-10(2)19-12(15(16(20)21)17-18-19)7-5-11-6-8-13(22-3)14(9-11)23-4/h6,8-10H,5,7H2,1-4H3,(H,20,21). The largest absolute Gasteiger partial charge is 0.493 e. The minimum atomic E-state index is -1.06. The molecule has 0 amide bonds. The number of aromatic carboxylic acids is 1. The Morgan fingerprint density at radius 2 is 1.91 bits per heavy atom. The number of nitrogens with zero attached hydrogens (tertiary/aromatic N) is 3. The molecule has 0 saturated carbocycles. The van der Waals surface area contributed by atoms with Gasteiger partial charge in [0.05, 0.1) is 19.9 Å². The Hall–Kier alpha value is -2.57. The quantitative estimate of drug-likeness (QED) is 0.843. The number of carboxylic acids is 1. The lowest BCUT2D eigenvalue weighted by molar-refractivity contribution is 0.0689. The van der Waals surface area contributed by atoms with Crippen LogP contribution in [0, 0.1) is 0 Å². The number of hydrogen-bond donors (Lipinski definition) is 1. The summed E-state index contributed by atoms with van der Waals surface area (Å²) in [7, 11) is 3.17. The van der Waals surface area contributed by atoms with Crippen LogP contribution in [0.2, 0.25) is 0 Å². The second-order valence-corrected chi connectivity index (χ2v) is 5.42. The molecule has 0 aliphatic rings. The second-order valence-electron chi connectivity index (χ2n) is 5.42. The van der Waals surface area contributed by atoms with Gasteiger partial charge in [-0.15, -0.1) is 5.10 Å². The number of rotatable bonds is 7. The number of aromatic nitrogens is 3. The summed E-state index contributed by atoms with van der Waals surface area (Å²) in [5.74, 6) is 0.259. The first-order chi connectivity index (χ1) is 11.0. The molecular weight excluding hydrogens is 298 g/mol. The van der Waals surface area contributed by atoms with Crippen molar-refractivity contribution in [1.82, 2.24) is 15.0 Å². The van der Waals surface area contributed by atoms with Crippen LogP contribution < -0.4 is 9.47 Å². The third-order valence-electron chi connectivity index (χ3n) is 3.58. The molecule has 1 aromatic heterocycles. The van der Waals surface area contributed by atoms with Gasteiger partial charge in [0.15, 0.2) is 17.2 Å². The van der Waals surface area contributed by atoms with Crippen LogP contribution in [0.3, 0.4) is 0 Å². The fourth-order valence-corrected chi connectivity index (χ4v) is 2.43. The summed E-state index contributed by atoms with van der Waals surface area (Å²) in [6.07, 6.45) is 1.18. The minimum absolute atomic E-state index is 0.0131. The lowest BCUT2D eigenvalue weighted by Gasteiger charge is -2.12. The monoisotopic (exact) mass is 319 g/mol. The molecular formula is C16H21N3O4. The van der Waals surface area contributed by atoms with Gasteiger partial charge in [-0.05, 0) is 44.4 Å². The highest BCUT2D eigenvalue weighted by atomic mass is 16.5. The number of ether oxygens (including phenoxy) is 2. The first-order valence-electron chi connectivity index (χ1n) is 7.36. The van der Waals surface area contributed by atoms with E-state index >= 15 is 0 Å². The van der Waals surface area contributed by atoms with Gasteiger partial charge in [0.25, 0.3) is 0 Å². The van der Waals surface area contributed by atoms with Gasteiger partial charge in [-0.2, -0.15) is 0 Å². The van der Waals surface area contributed by atoms with Crippen molar-refractivity contribution in [3.8, 4) is 11.5 Å².